The number of ketones is 1. The van der Waals surface area contributed by atoms with Crippen molar-refractivity contribution in [3.8, 4) is 0 Å². The van der Waals surface area contributed by atoms with E-state index in [-0.39, 0.29) is 12.3 Å². The topological polar surface area (TPSA) is 20.3 Å². The summed E-state index contributed by atoms with van der Waals surface area (Å²) in [4.78, 5) is 14.3. The lowest BCUT2D eigenvalue weighted by molar-refractivity contribution is 0.100. The predicted molar refractivity (Wildman–Crippen MR) is 90.0 cm³/mol. The fourth-order valence-electron chi connectivity index (χ4n) is 2.34. The van der Waals surface area contributed by atoms with Gasteiger partial charge < -0.3 is 4.90 Å². The standard InChI is InChI=1S/C17H17Cl2NO/c1-11-4-7-16(12(2)8-11)20(3)10-17(21)14-6-5-13(18)9-15(14)19/h4-9H,10H2,1-3H3. The van der Waals surface area contributed by atoms with E-state index in [1.165, 1.54) is 5.56 Å². The molecule has 0 aliphatic heterocycles. The molecule has 0 saturated heterocycles. The van der Waals surface area contributed by atoms with Crippen LogP contribution >= 0.6 is 23.2 Å². The normalized spacial score (nSPS) is 10.5. The van der Waals surface area contributed by atoms with Gasteiger partial charge in [-0.1, -0.05) is 40.9 Å². The number of halogens is 2. The number of Topliss-reactive ketones (excluding diaryl/α,β-unsaturated/α-hetero) is 1. The highest BCUT2D eigenvalue weighted by molar-refractivity contribution is 6.36. The maximum Gasteiger partial charge on any atom is 0.183 e. The molecule has 0 aromatic heterocycles. The number of benzene rings is 2. The van der Waals surface area contributed by atoms with E-state index >= 15 is 0 Å². The van der Waals surface area contributed by atoms with Crippen molar-refractivity contribution in [3.05, 3.63) is 63.1 Å². The molecule has 21 heavy (non-hydrogen) atoms. The molecule has 0 amide bonds. The highest BCUT2D eigenvalue weighted by atomic mass is 35.5. The van der Waals surface area contributed by atoms with Crippen molar-refractivity contribution in [2.24, 2.45) is 0 Å². The van der Waals surface area contributed by atoms with Gasteiger partial charge in [0.15, 0.2) is 5.78 Å². The number of rotatable bonds is 4. The minimum absolute atomic E-state index is 0.0286. The molecule has 0 N–H and O–H groups in total. The highest BCUT2D eigenvalue weighted by Gasteiger charge is 2.14. The Kier molecular flexibility index (Phi) is 4.92. The lowest BCUT2D eigenvalue weighted by Gasteiger charge is -2.21. The fraction of sp³-hybridized carbons (Fsp3) is 0.235. The average Bonchev–Trinajstić information content (AvgIpc) is 2.37. The second kappa shape index (κ2) is 6.50. The molecule has 0 bridgehead atoms. The Morgan fingerprint density at radius 2 is 1.81 bits per heavy atom. The van der Waals surface area contributed by atoms with Crippen LogP contribution in [0, 0.1) is 13.8 Å². The molecule has 0 spiro atoms. The maximum absolute atomic E-state index is 12.4. The number of anilines is 1. The molecular formula is C17H17Cl2NO. The summed E-state index contributed by atoms with van der Waals surface area (Å²) < 4.78 is 0. The van der Waals surface area contributed by atoms with Crippen molar-refractivity contribution in [3.63, 3.8) is 0 Å². The zero-order valence-corrected chi connectivity index (χ0v) is 13.8. The SMILES string of the molecule is Cc1ccc(N(C)CC(=O)c2ccc(Cl)cc2Cl)c(C)c1. The molecule has 0 saturated carbocycles. The molecule has 0 radical (unpaired) electrons. The molecule has 0 heterocycles. The lowest BCUT2D eigenvalue weighted by Crippen LogP contribution is -2.26. The maximum atomic E-state index is 12.4. The van der Waals surface area contributed by atoms with Crippen LogP contribution in [-0.2, 0) is 0 Å². The number of nitrogens with zero attached hydrogens (tertiary/aromatic N) is 1. The minimum atomic E-state index is -0.0286. The van der Waals surface area contributed by atoms with Gasteiger partial charge in [-0.25, -0.2) is 0 Å². The van der Waals surface area contributed by atoms with Gasteiger partial charge in [0.2, 0.25) is 0 Å². The summed E-state index contributed by atoms with van der Waals surface area (Å²) in [6.07, 6.45) is 0. The van der Waals surface area contributed by atoms with Crippen molar-refractivity contribution >= 4 is 34.7 Å². The van der Waals surface area contributed by atoms with Crippen LogP contribution in [0.3, 0.4) is 0 Å². The van der Waals surface area contributed by atoms with E-state index in [0.29, 0.717) is 15.6 Å². The highest BCUT2D eigenvalue weighted by Crippen LogP contribution is 2.23. The Labute approximate surface area is 135 Å². The Morgan fingerprint density at radius 3 is 2.43 bits per heavy atom. The smallest absolute Gasteiger partial charge is 0.183 e. The molecule has 2 aromatic rings. The van der Waals surface area contributed by atoms with E-state index in [1.807, 2.05) is 31.0 Å². The van der Waals surface area contributed by atoms with E-state index in [1.54, 1.807) is 18.2 Å². The molecular weight excluding hydrogens is 305 g/mol. The van der Waals surface area contributed by atoms with Gasteiger partial charge in [0.05, 0.1) is 11.6 Å². The number of aryl methyl sites for hydroxylation is 2. The number of hydrogen-bond donors (Lipinski definition) is 0. The van der Waals surface area contributed by atoms with Crippen molar-refractivity contribution in [2.45, 2.75) is 13.8 Å². The van der Waals surface area contributed by atoms with E-state index in [2.05, 4.69) is 13.0 Å². The second-order valence-electron chi connectivity index (χ2n) is 5.19. The summed E-state index contributed by atoms with van der Waals surface area (Å²) >= 11 is 11.9. The van der Waals surface area contributed by atoms with Crippen molar-refractivity contribution in [1.29, 1.82) is 0 Å². The monoisotopic (exact) mass is 321 g/mol. The van der Waals surface area contributed by atoms with Crippen LogP contribution in [0.4, 0.5) is 5.69 Å². The molecule has 0 atom stereocenters. The van der Waals surface area contributed by atoms with Crippen LogP contribution < -0.4 is 4.90 Å². The molecule has 2 aromatic carbocycles. The summed E-state index contributed by atoms with van der Waals surface area (Å²) in [6, 6.07) is 11.1. The molecule has 0 fully saturated rings. The third kappa shape index (κ3) is 3.78. The molecule has 110 valence electrons. The summed E-state index contributed by atoms with van der Waals surface area (Å²) in [5, 5.41) is 0.917. The Morgan fingerprint density at radius 1 is 1.10 bits per heavy atom. The summed E-state index contributed by atoms with van der Waals surface area (Å²) in [5.74, 6) is -0.0286. The van der Waals surface area contributed by atoms with Crippen LogP contribution in [0.15, 0.2) is 36.4 Å². The third-order valence-electron chi connectivity index (χ3n) is 3.38. The Bertz CT molecular complexity index is 682. The minimum Gasteiger partial charge on any atom is -0.367 e. The quantitative estimate of drug-likeness (QED) is 0.744. The van der Waals surface area contributed by atoms with Crippen molar-refractivity contribution in [2.75, 3.05) is 18.5 Å². The second-order valence-corrected chi connectivity index (χ2v) is 6.04. The zero-order chi connectivity index (χ0) is 15.6. The van der Waals surface area contributed by atoms with Crippen LogP contribution in [0.5, 0.6) is 0 Å². The van der Waals surface area contributed by atoms with Crippen LogP contribution in [-0.4, -0.2) is 19.4 Å². The van der Waals surface area contributed by atoms with Gasteiger partial charge in [0.1, 0.15) is 0 Å². The first-order chi connectivity index (χ1) is 9.88. The van der Waals surface area contributed by atoms with Gasteiger partial charge >= 0.3 is 0 Å². The van der Waals surface area contributed by atoms with Gasteiger partial charge in [-0.05, 0) is 43.7 Å². The number of likely N-dealkylation sites (N-methyl/N-ethyl adjacent to an activating group) is 1. The molecule has 0 aliphatic carbocycles. The summed E-state index contributed by atoms with van der Waals surface area (Å²) in [6.45, 7) is 4.36. The predicted octanol–water partition coefficient (Wildman–Crippen LogP) is 4.93. The molecule has 2 nitrogen and oxygen atoms in total. The molecule has 2 rings (SSSR count). The number of hydrogen-bond acceptors (Lipinski definition) is 2. The van der Waals surface area contributed by atoms with E-state index in [9.17, 15) is 4.79 Å². The first kappa shape index (κ1) is 15.9. The molecule has 0 unspecified atom stereocenters. The van der Waals surface area contributed by atoms with Gasteiger partial charge in [-0.15, -0.1) is 0 Å². The average molecular weight is 322 g/mol. The zero-order valence-electron chi connectivity index (χ0n) is 12.3. The molecule has 4 heteroatoms. The van der Waals surface area contributed by atoms with Crippen LogP contribution in [0.25, 0.3) is 0 Å². The van der Waals surface area contributed by atoms with Crippen LogP contribution in [0.1, 0.15) is 21.5 Å². The number of carbonyl (C=O) groups is 1. The fourth-order valence-corrected chi connectivity index (χ4v) is 2.85. The summed E-state index contributed by atoms with van der Waals surface area (Å²) in [7, 11) is 1.90. The molecule has 0 aliphatic rings. The van der Waals surface area contributed by atoms with E-state index in [0.717, 1.165) is 11.3 Å². The van der Waals surface area contributed by atoms with Crippen LogP contribution in [0.2, 0.25) is 10.0 Å². The van der Waals surface area contributed by atoms with E-state index < -0.39 is 0 Å². The summed E-state index contributed by atoms with van der Waals surface area (Å²) in [5.41, 5.74) is 3.89. The van der Waals surface area contributed by atoms with Crippen molar-refractivity contribution in [1.82, 2.24) is 0 Å². The Hall–Kier alpha value is -1.51. The first-order valence-electron chi connectivity index (χ1n) is 6.65. The van der Waals surface area contributed by atoms with Gasteiger partial charge in [0.25, 0.3) is 0 Å². The third-order valence-corrected chi connectivity index (χ3v) is 3.92. The first-order valence-corrected chi connectivity index (χ1v) is 7.40. The Balaban J connectivity index is 2.18. The van der Waals surface area contributed by atoms with Gasteiger partial charge in [0, 0.05) is 23.3 Å². The van der Waals surface area contributed by atoms with Crippen molar-refractivity contribution < 1.29 is 4.79 Å². The number of carbonyl (C=O) groups excluding carboxylic acids is 1. The van der Waals surface area contributed by atoms with Gasteiger partial charge in [-0.3, -0.25) is 4.79 Å². The van der Waals surface area contributed by atoms with E-state index in [4.69, 9.17) is 23.2 Å². The largest absolute Gasteiger partial charge is 0.367 e. The lowest BCUT2D eigenvalue weighted by atomic mass is 10.1. The van der Waals surface area contributed by atoms with Gasteiger partial charge in [-0.2, -0.15) is 0 Å².